The van der Waals surface area contributed by atoms with E-state index >= 15 is 0 Å². The van der Waals surface area contributed by atoms with Crippen molar-refractivity contribution in [1.29, 1.82) is 0 Å². The Hall–Kier alpha value is -2.50. The summed E-state index contributed by atoms with van der Waals surface area (Å²) >= 11 is 0. The lowest BCUT2D eigenvalue weighted by Crippen LogP contribution is -2.46. The molecule has 0 saturated carbocycles. The van der Waals surface area contributed by atoms with Crippen LogP contribution in [0.3, 0.4) is 0 Å². The van der Waals surface area contributed by atoms with Gasteiger partial charge in [-0.3, -0.25) is 0 Å². The van der Waals surface area contributed by atoms with Crippen LogP contribution in [0.2, 0.25) is 0 Å². The standard InChI is InChI=1S/C15H18N2O4/c1-9-12(14(18)21-4)13(16-15(19)17(9)2)10-5-7-11(20-3)8-6-10/h5-8,13H,1-4H3,(H,16,19). The molecule has 112 valence electrons. The number of benzene rings is 1. The van der Waals surface area contributed by atoms with Gasteiger partial charge in [-0.25, -0.2) is 9.59 Å². The summed E-state index contributed by atoms with van der Waals surface area (Å²) in [5.74, 6) is 0.249. The van der Waals surface area contributed by atoms with Gasteiger partial charge in [0.15, 0.2) is 0 Å². The van der Waals surface area contributed by atoms with Gasteiger partial charge in [-0.1, -0.05) is 12.1 Å². The number of hydrogen-bond donors (Lipinski definition) is 1. The molecule has 0 fully saturated rings. The highest BCUT2D eigenvalue weighted by Crippen LogP contribution is 2.31. The largest absolute Gasteiger partial charge is 0.497 e. The molecule has 1 heterocycles. The van der Waals surface area contributed by atoms with Crippen LogP contribution in [-0.2, 0) is 9.53 Å². The molecule has 0 radical (unpaired) electrons. The van der Waals surface area contributed by atoms with Gasteiger partial charge in [-0.05, 0) is 24.6 Å². The van der Waals surface area contributed by atoms with E-state index in [4.69, 9.17) is 9.47 Å². The van der Waals surface area contributed by atoms with Crippen LogP contribution in [0.15, 0.2) is 35.5 Å². The maximum absolute atomic E-state index is 12.1. The first-order valence-electron chi connectivity index (χ1n) is 6.46. The predicted octanol–water partition coefficient (Wildman–Crippen LogP) is 1.84. The lowest BCUT2D eigenvalue weighted by Gasteiger charge is -2.33. The van der Waals surface area contributed by atoms with Crippen LogP contribution in [0.1, 0.15) is 18.5 Å². The number of esters is 1. The average molecular weight is 290 g/mol. The highest BCUT2D eigenvalue weighted by Gasteiger charge is 2.34. The minimum absolute atomic E-state index is 0.263. The van der Waals surface area contributed by atoms with Crippen molar-refractivity contribution in [3.8, 4) is 5.75 Å². The third kappa shape index (κ3) is 2.69. The number of hydrogen-bond acceptors (Lipinski definition) is 4. The first-order chi connectivity index (χ1) is 9.99. The second-order valence-corrected chi connectivity index (χ2v) is 4.71. The summed E-state index contributed by atoms with van der Waals surface area (Å²) in [4.78, 5) is 25.4. The fraction of sp³-hybridized carbons (Fsp3) is 0.333. The van der Waals surface area contributed by atoms with Gasteiger partial charge in [0.2, 0.25) is 0 Å². The number of allylic oxidation sites excluding steroid dienone is 1. The van der Waals surface area contributed by atoms with Crippen molar-refractivity contribution in [1.82, 2.24) is 10.2 Å². The Morgan fingerprint density at radius 1 is 1.24 bits per heavy atom. The van der Waals surface area contributed by atoms with Crippen LogP contribution in [-0.4, -0.2) is 38.2 Å². The molecule has 21 heavy (non-hydrogen) atoms. The molecule has 6 nitrogen and oxygen atoms in total. The molecular formula is C15H18N2O4. The maximum Gasteiger partial charge on any atom is 0.337 e. The molecule has 1 atom stereocenters. The van der Waals surface area contributed by atoms with Crippen LogP contribution in [0, 0.1) is 0 Å². The van der Waals surface area contributed by atoms with Crippen molar-refractivity contribution in [3.05, 3.63) is 41.1 Å². The molecular weight excluding hydrogens is 272 g/mol. The molecule has 1 N–H and O–H groups in total. The molecule has 1 aromatic carbocycles. The molecule has 0 saturated heterocycles. The zero-order valence-electron chi connectivity index (χ0n) is 12.5. The highest BCUT2D eigenvalue weighted by molar-refractivity contribution is 5.94. The monoisotopic (exact) mass is 290 g/mol. The summed E-state index contributed by atoms with van der Waals surface area (Å²) < 4.78 is 9.95. The van der Waals surface area contributed by atoms with Gasteiger partial charge in [0, 0.05) is 12.7 Å². The van der Waals surface area contributed by atoms with Crippen molar-refractivity contribution in [2.24, 2.45) is 0 Å². The zero-order chi connectivity index (χ0) is 15.6. The van der Waals surface area contributed by atoms with E-state index in [2.05, 4.69) is 5.32 Å². The van der Waals surface area contributed by atoms with E-state index in [-0.39, 0.29) is 6.03 Å². The molecule has 2 rings (SSSR count). The van der Waals surface area contributed by atoms with Crippen LogP contribution in [0.4, 0.5) is 4.79 Å². The summed E-state index contributed by atoms with van der Waals surface area (Å²) in [5.41, 5.74) is 1.79. The number of nitrogens with zero attached hydrogens (tertiary/aromatic N) is 1. The number of amides is 2. The smallest absolute Gasteiger partial charge is 0.337 e. The first kappa shape index (κ1) is 14.9. The third-order valence-electron chi connectivity index (χ3n) is 3.61. The molecule has 1 aromatic rings. The maximum atomic E-state index is 12.1. The lowest BCUT2D eigenvalue weighted by molar-refractivity contribution is -0.136. The third-order valence-corrected chi connectivity index (χ3v) is 3.61. The fourth-order valence-electron chi connectivity index (χ4n) is 2.26. The van der Waals surface area contributed by atoms with Crippen LogP contribution < -0.4 is 10.1 Å². The first-order valence-corrected chi connectivity index (χ1v) is 6.46. The molecule has 2 amide bonds. The van der Waals surface area contributed by atoms with Crippen molar-refractivity contribution in [2.45, 2.75) is 13.0 Å². The van der Waals surface area contributed by atoms with Crippen LogP contribution >= 0.6 is 0 Å². The molecule has 1 aliphatic heterocycles. The second-order valence-electron chi connectivity index (χ2n) is 4.71. The van der Waals surface area contributed by atoms with E-state index in [0.29, 0.717) is 17.0 Å². The molecule has 0 bridgehead atoms. The molecule has 1 aliphatic rings. The number of nitrogens with one attached hydrogen (secondary N) is 1. The second kappa shape index (κ2) is 5.87. The Labute approximate surface area is 123 Å². The average Bonchev–Trinajstić information content (AvgIpc) is 2.51. The number of methoxy groups -OCH3 is 2. The summed E-state index contributed by atoms with van der Waals surface area (Å²) in [7, 11) is 4.51. The number of carbonyl (C=O) groups is 2. The van der Waals surface area contributed by atoms with Crippen molar-refractivity contribution >= 4 is 12.0 Å². The fourth-order valence-corrected chi connectivity index (χ4v) is 2.26. The van der Waals surface area contributed by atoms with Gasteiger partial charge in [-0.2, -0.15) is 0 Å². The predicted molar refractivity (Wildman–Crippen MR) is 76.7 cm³/mol. The Morgan fingerprint density at radius 3 is 2.38 bits per heavy atom. The van der Waals surface area contributed by atoms with Gasteiger partial charge in [0.1, 0.15) is 5.75 Å². The van der Waals surface area contributed by atoms with Gasteiger partial charge in [0.25, 0.3) is 0 Å². The van der Waals surface area contributed by atoms with Gasteiger partial charge < -0.3 is 19.7 Å². The normalized spacial score (nSPS) is 18.4. The number of ether oxygens (including phenoxy) is 2. The van der Waals surface area contributed by atoms with Gasteiger partial charge >= 0.3 is 12.0 Å². The summed E-state index contributed by atoms with van der Waals surface area (Å²) in [6, 6.07) is 6.39. The molecule has 0 aliphatic carbocycles. The number of urea groups is 1. The van der Waals surface area contributed by atoms with E-state index < -0.39 is 12.0 Å². The van der Waals surface area contributed by atoms with Crippen LogP contribution in [0.5, 0.6) is 5.75 Å². The Kier molecular flexibility index (Phi) is 4.16. The Morgan fingerprint density at radius 2 is 1.86 bits per heavy atom. The Bertz CT molecular complexity index is 592. The SMILES string of the molecule is COC(=O)C1=C(C)N(C)C(=O)NC1c1ccc(OC)cc1. The minimum Gasteiger partial charge on any atom is -0.497 e. The molecule has 1 unspecified atom stereocenters. The van der Waals surface area contributed by atoms with E-state index in [1.54, 1.807) is 33.2 Å². The van der Waals surface area contributed by atoms with E-state index in [0.717, 1.165) is 5.56 Å². The van der Waals surface area contributed by atoms with Crippen LogP contribution in [0.25, 0.3) is 0 Å². The zero-order valence-corrected chi connectivity index (χ0v) is 12.5. The van der Waals surface area contributed by atoms with E-state index in [1.165, 1.54) is 12.0 Å². The quantitative estimate of drug-likeness (QED) is 0.862. The van der Waals surface area contributed by atoms with Crippen molar-refractivity contribution in [3.63, 3.8) is 0 Å². The summed E-state index contributed by atoms with van der Waals surface area (Å²) in [6.07, 6.45) is 0. The topological polar surface area (TPSA) is 67.9 Å². The van der Waals surface area contributed by atoms with E-state index in [1.807, 2.05) is 12.1 Å². The Balaban J connectivity index is 2.48. The van der Waals surface area contributed by atoms with Gasteiger partial charge in [-0.15, -0.1) is 0 Å². The molecule has 6 heteroatoms. The minimum atomic E-state index is -0.535. The van der Waals surface area contributed by atoms with E-state index in [9.17, 15) is 9.59 Å². The van der Waals surface area contributed by atoms with Crippen molar-refractivity contribution < 1.29 is 19.1 Å². The number of carbonyl (C=O) groups excluding carboxylic acids is 2. The lowest BCUT2D eigenvalue weighted by atomic mass is 9.95. The summed E-state index contributed by atoms with van der Waals surface area (Å²) in [6.45, 7) is 1.72. The highest BCUT2D eigenvalue weighted by atomic mass is 16.5. The summed E-state index contributed by atoms with van der Waals surface area (Å²) in [5, 5.41) is 2.80. The van der Waals surface area contributed by atoms with Crippen molar-refractivity contribution in [2.75, 3.05) is 21.3 Å². The molecule has 0 spiro atoms. The number of rotatable bonds is 3. The molecule has 0 aromatic heterocycles. The van der Waals surface area contributed by atoms with Gasteiger partial charge in [0.05, 0.1) is 25.8 Å².